The second-order valence-electron chi connectivity index (χ2n) is 4.51. The van der Waals surface area contributed by atoms with Crippen LogP contribution in [0.1, 0.15) is 6.92 Å². The SMILES string of the molecule is CCOc1nc(NC)nc(-c2ccc3ccccc3c2)n1. The van der Waals surface area contributed by atoms with Gasteiger partial charge in [-0.15, -0.1) is 0 Å². The molecular formula is C16H16N4O. The maximum absolute atomic E-state index is 5.40. The van der Waals surface area contributed by atoms with Gasteiger partial charge in [0, 0.05) is 12.6 Å². The van der Waals surface area contributed by atoms with Crippen molar-refractivity contribution < 1.29 is 4.74 Å². The molecule has 0 radical (unpaired) electrons. The van der Waals surface area contributed by atoms with Gasteiger partial charge in [-0.1, -0.05) is 36.4 Å². The minimum absolute atomic E-state index is 0.333. The van der Waals surface area contributed by atoms with Crippen LogP contribution in [0.25, 0.3) is 22.2 Å². The third kappa shape index (κ3) is 2.76. The van der Waals surface area contributed by atoms with Crippen LogP contribution in [0.3, 0.4) is 0 Å². The van der Waals surface area contributed by atoms with Crippen LogP contribution in [0.15, 0.2) is 42.5 Å². The average molecular weight is 280 g/mol. The Labute approximate surface area is 123 Å². The van der Waals surface area contributed by atoms with Crippen molar-refractivity contribution in [2.24, 2.45) is 0 Å². The number of nitrogens with one attached hydrogen (secondary N) is 1. The first-order valence-corrected chi connectivity index (χ1v) is 6.86. The maximum Gasteiger partial charge on any atom is 0.321 e. The zero-order valence-corrected chi connectivity index (χ0v) is 12.0. The normalized spacial score (nSPS) is 10.6. The van der Waals surface area contributed by atoms with Gasteiger partial charge in [0.15, 0.2) is 5.82 Å². The lowest BCUT2D eigenvalue weighted by atomic mass is 10.1. The third-order valence-corrected chi connectivity index (χ3v) is 3.12. The molecule has 0 atom stereocenters. The van der Waals surface area contributed by atoms with E-state index in [-0.39, 0.29) is 0 Å². The van der Waals surface area contributed by atoms with Crippen LogP contribution in [0, 0.1) is 0 Å². The average Bonchev–Trinajstić information content (AvgIpc) is 2.54. The number of hydrogen-bond donors (Lipinski definition) is 1. The highest BCUT2D eigenvalue weighted by Gasteiger charge is 2.09. The summed E-state index contributed by atoms with van der Waals surface area (Å²) in [6.45, 7) is 2.42. The Hall–Kier alpha value is -2.69. The minimum Gasteiger partial charge on any atom is -0.464 e. The van der Waals surface area contributed by atoms with Crippen molar-refractivity contribution in [3.8, 4) is 17.4 Å². The van der Waals surface area contributed by atoms with Crippen LogP contribution < -0.4 is 10.1 Å². The minimum atomic E-state index is 0.333. The van der Waals surface area contributed by atoms with Crippen molar-refractivity contribution in [2.45, 2.75) is 6.92 Å². The topological polar surface area (TPSA) is 59.9 Å². The number of aromatic nitrogens is 3. The molecule has 1 aromatic heterocycles. The molecule has 0 fully saturated rings. The van der Waals surface area contributed by atoms with Crippen LogP contribution in [-0.4, -0.2) is 28.6 Å². The molecule has 21 heavy (non-hydrogen) atoms. The van der Waals surface area contributed by atoms with Crippen molar-refractivity contribution in [3.05, 3.63) is 42.5 Å². The largest absolute Gasteiger partial charge is 0.464 e. The fourth-order valence-electron chi connectivity index (χ4n) is 2.12. The zero-order valence-electron chi connectivity index (χ0n) is 12.0. The van der Waals surface area contributed by atoms with Crippen LogP contribution in [0.2, 0.25) is 0 Å². The summed E-state index contributed by atoms with van der Waals surface area (Å²) in [6, 6.07) is 14.7. The summed E-state index contributed by atoms with van der Waals surface area (Å²) in [4.78, 5) is 12.9. The van der Waals surface area contributed by atoms with Crippen LogP contribution in [0.5, 0.6) is 6.01 Å². The molecule has 0 saturated carbocycles. The first kappa shape index (κ1) is 13.3. The molecule has 3 rings (SSSR count). The summed E-state index contributed by atoms with van der Waals surface area (Å²) in [5.74, 6) is 1.10. The number of hydrogen-bond acceptors (Lipinski definition) is 5. The van der Waals surface area contributed by atoms with E-state index >= 15 is 0 Å². The van der Waals surface area contributed by atoms with Gasteiger partial charge in [-0.05, 0) is 23.8 Å². The Kier molecular flexibility index (Phi) is 3.64. The fourth-order valence-corrected chi connectivity index (χ4v) is 2.12. The quantitative estimate of drug-likeness (QED) is 0.795. The van der Waals surface area contributed by atoms with E-state index in [1.165, 1.54) is 5.39 Å². The van der Waals surface area contributed by atoms with E-state index in [0.29, 0.717) is 24.4 Å². The Bertz CT molecular complexity index is 773. The van der Waals surface area contributed by atoms with E-state index in [0.717, 1.165) is 10.9 Å². The van der Waals surface area contributed by atoms with E-state index < -0.39 is 0 Å². The fraction of sp³-hybridized carbons (Fsp3) is 0.188. The first-order chi connectivity index (χ1) is 10.3. The van der Waals surface area contributed by atoms with Gasteiger partial charge in [0.1, 0.15) is 0 Å². The van der Waals surface area contributed by atoms with Gasteiger partial charge in [-0.25, -0.2) is 0 Å². The molecule has 0 bridgehead atoms. The molecule has 1 N–H and O–H groups in total. The van der Waals surface area contributed by atoms with Gasteiger partial charge >= 0.3 is 6.01 Å². The van der Waals surface area contributed by atoms with Gasteiger partial charge in [-0.2, -0.15) is 15.0 Å². The predicted molar refractivity (Wildman–Crippen MR) is 83.5 cm³/mol. The van der Waals surface area contributed by atoms with Crippen molar-refractivity contribution in [1.29, 1.82) is 0 Å². The van der Waals surface area contributed by atoms with E-state index in [1.807, 2.05) is 25.1 Å². The molecule has 5 nitrogen and oxygen atoms in total. The lowest BCUT2D eigenvalue weighted by Gasteiger charge is -2.07. The molecule has 0 unspecified atom stereocenters. The Morgan fingerprint density at radius 2 is 1.81 bits per heavy atom. The summed E-state index contributed by atoms with van der Waals surface area (Å²) in [6.07, 6.45) is 0. The molecule has 2 aromatic carbocycles. The van der Waals surface area contributed by atoms with E-state index in [1.54, 1.807) is 7.05 Å². The number of ether oxygens (including phenoxy) is 1. The standard InChI is InChI=1S/C16H16N4O/c1-3-21-16-19-14(18-15(17-2)20-16)13-9-8-11-6-4-5-7-12(11)10-13/h4-10H,3H2,1-2H3,(H,17,18,19,20). The molecule has 0 amide bonds. The summed E-state index contributed by atoms with van der Waals surface area (Å²) in [7, 11) is 1.77. The monoisotopic (exact) mass is 280 g/mol. The lowest BCUT2D eigenvalue weighted by molar-refractivity contribution is 0.312. The smallest absolute Gasteiger partial charge is 0.321 e. The zero-order chi connectivity index (χ0) is 14.7. The van der Waals surface area contributed by atoms with Crippen LogP contribution >= 0.6 is 0 Å². The van der Waals surface area contributed by atoms with E-state index in [4.69, 9.17) is 4.74 Å². The Morgan fingerprint density at radius 1 is 1.00 bits per heavy atom. The third-order valence-electron chi connectivity index (χ3n) is 3.12. The van der Waals surface area contributed by atoms with Crippen molar-refractivity contribution in [3.63, 3.8) is 0 Å². The van der Waals surface area contributed by atoms with Crippen LogP contribution in [-0.2, 0) is 0 Å². The van der Waals surface area contributed by atoms with Gasteiger partial charge in [0.2, 0.25) is 5.95 Å². The molecule has 0 saturated heterocycles. The number of rotatable bonds is 4. The second kappa shape index (κ2) is 5.75. The molecular weight excluding hydrogens is 264 g/mol. The van der Waals surface area contributed by atoms with Crippen molar-refractivity contribution in [2.75, 3.05) is 19.0 Å². The predicted octanol–water partition coefficient (Wildman–Crippen LogP) is 3.13. The number of anilines is 1. The number of nitrogens with zero attached hydrogens (tertiary/aromatic N) is 3. The number of benzene rings is 2. The Morgan fingerprint density at radius 3 is 2.57 bits per heavy atom. The Balaban J connectivity index is 2.10. The summed E-state index contributed by atoms with van der Waals surface area (Å²) < 4.78 is 5.40. The van der Waals surface area contributed by atoms with E-state index in [2.05, 4.69) is 44.5 Å². The van der Waals surface area contributed by atoms with Crippen molar-refractivity contribution in [1.82, 2.24) is 15.0 Å². The second-order valence-corrected chi connectivity index (χ2v) is 4.51. The highest BCUT2D eigenvalue weighted by atomic mass is 16.5. The van der Waals surface area contributed by atoms with Gasteiger partial charge in [-0.3, -0.25) is 0 Å². The number of fused-ring (bicyclic) bond motifs is 1. The van der Waals surface area contributed by atoms with Crippen LogP contribution in [0.4, 0.5) is 5.95 Å². The highest BCUT2D eigenvalue weighted by Crippen LogP contribution is 2.23. The first-order valence-electron chi connectivity index (χ1n) is 6.86. The molecule has 0 spiro atoms. The highest BCUT2D eigenvalue weighted by molar-refractivity contribution is 5.86. The van der Waals surface area contributed by atoms with Gasteiger partial charge in [0.05, 0.1) is 6.61 Å². The lowest BCUT2D eigenvalue weighted by Crippen LogP contribution is -2.05. The van der Waals surface area contributed by atoms with Gasteiger partial charge < -0.3 is 10.1 Å². The molecule has 3 aromatic rings. The molecule has 0 aliphatic heterocycles. The summed E-state index contributed by atoms with van der Waals surface area (Å²) in [5, 5.41) is 5.27. The molecule has 0 aliphatic carbocycles. The molecule has 5 heteroatoms. The molecule has 0 aliphatic rings. The summed E-state index contributed by atoms with van der Waals surface area (Å²) in [5.41, 5.74) is 0.938. The van der Waals surface area contributed by atoms with E-state index in [9.17, 15) is 0 Å². The summed E-state index contributed by atoms with van der Waals surface area (Å²) >= 11 is 0. The molecule has 106 valence electrons. The molecule has 1 heterocycles. The van der Waals surface area contributed by atoms with Gasteiger partial charge in [0.25, 0.3) is 0 Å². The maximum atomic E-state index is 5.40. The van der Waals surface area contributed by atoms with Crippen molar-refractivity contribution >= 4 is 16.7 Å².